The molecule has 12 nitrogen and oxygen atoms in total. The van der Waals surface area contributed by atoms with Gasteiger partial charge >= 0.3 is 11.9 Å². The van der Waals surface area contributed by atoms with Crippen LogP contribution in [0.25, 0.3) is 21.9 Å². The summed E-state index contributed by atoms with van der Waals surface area (Å²) in [5.41, 5.74) is 2.12. The molecule has 0 spiro atoms. The smallest absolute Gasteiger partial charge is 0.332 e. The molecule has 2 aromatic heterocycles. The third-order valence-corrected chi connectivity index (χ3v) is 6.42. The molecule has 0 saturated heterocycles. The highest BCUT2D eigenvalue weighted by Gasteiger charge is 2.23. The third-order valence-electron chi connectivity index (χ3n) is 6.42. The van der Waals surface area contributed by atoms with Gasteiger partial charge in [-0.15, -0.1) is 0 Å². The van der Waals surface area contributed by atoms with Crippen LogP contribution in [0, 0.1) is 5.41 Å². The second kappa shape index (κ2) is 17.6. The maximum absolute atomic E-state index is 12.8. The summed E-state index contributed by atoms with van der Waals surface area (Å²) in [4.78, 5) is 46.0. The maximum atomic E-state index is 12.8. The van der Waals surface area contributed by atoms with Crippen LogP contribution in [-0.2, 0) is 51.2 Å². The molecule has 0 aliphatic heterocycles. The molecule has 1 N–H and O–H groups in total. The molecule has 3 rings (SSSR count). The number of carbonyl (C=O) groups excluding carboxylic acids is 3. The van der Waals surface area contributed by atoms with E-state index < -0.39 is 11.9 Å². The minimum atomic E-state index is -0.569. The number of aromatic nitrogens is 3. The lowest BCUT2D eigenvalue weighted by molar-refractivity contribution is -0.150. The summed E-state index contributed by atoms with van der Waals surface area (Å²) < 4.78 is 28.5. The van der Waals surface area contributed by atoms with Gasteiger partial charge in [0.2, 0.25) is 0 Å². The number of nitrogens with one attached hydrogen (secondary N) is 1. The monoisotopic (exact) mass is 614 g/mol. The van der Waals surface area contributed by atoms with Crippen LogP contribution in [0.4, 0.5) is 5.82 Å². The Bertz CT molecular complexity index is 1380. The number of hydrogen-bond acceptors (Lipinski definition) is 10. The lowest BCUT2D eigenvalue weighted by Gasteiger charge is -2.21. The van der Waals surface area contributed by atoms with E-state index in [-0.39, 0.29) is 37.8 Å². The number of para-hydroxylation sites is 1. The fourth-order valence-corrected chi connectivity index (χ4v) is 4.52. The molecule has 0 aliphatic rings. The summed E-state index contributed by atoms with van der Waals surface area (Å²) in [7, 11) is 0. The van der Waals surface area contributed by atoms with Crippen LogP contribution >= 0.6 is 0 Å². The Morgan fingerprint density at radius 3 is 2.34 bits per heavy atom. The summed E-state index contributed by atoms with van der Waals surface area (Å²) >= 11 is 0. The number of anilines is 1. The average molecular weight is 615 g/mol. The molecular weight excluding hydrogens is 568 g/mol. The molecular formula is C32H46N4O8. The van der Waals surface area contributed by atoms with Gasteiger partial charge in [-0.25, -0.2) is 14.8 Å². The first-order valence-electron chi connectivity index (χ1n) is 15.2. The lowest BCUT2D eigenvalue weighted by Crippen LogP contribution is -2.22. The van der Waals surface area contributed by atoms with Crippen molar-refractivity contribution in [1.82, 2.24) is 14.5 Å². The number of esters is 2. The van der Waals surface area contributed by atoms with Gasteiger partial charge in [0, 0.05) is 31.6 Å². The summed E-state index contributed by atoms with van der Waals surface area (Å²) in [5.74, 6) is -0.231. The van der Waals surface area contributed by atoms with Crippen LogP contribution in [0.1, 0.15) is 66.1 Å². The Balaban J connectivity index is 1.52. The second-order valence-electron chi connectivity index (χ2n) is 11.5. The topological polar surface area (TPSA) is 140 Å². The number of imidazole rings is 1. The van der Waals surface area contributed by atoms with E-state index in [4.69, 9.17) is 28.7 Å². The highest BCUT2D eigenvalue weighted by atomic mass is 16.6. The Morgan fingerprint density at radius 2 is 1.59 bits per heavy atom. The van der Waals surface area contributed by atoms with Crippen LogP contribution in [-0.4, -0.2) is 78.6 Å². The van der Waals surface area contributed by atoms with Crippen LogP contribution in [0.5, 0.6) is 0 Å². The van der Waals surface area contributed by atoms with Gasteiger partial charge in [0.25, 0.3) is 5.91 Å². The van der Waals surface area contributed by atoms with Gasteiger partial charge in [0.15, 0.2) is 5.82 Å². The number of amides is 1. The van der Waals surface area contributed by atoms with Crippen LogP contribution < -0.4 is 5.32 Å². The van der Waals surface area contributed by atoms with Gasteiger partial charge in [-0.05, 0) is 44.6 Å². The molecule has 0 atom stereocenters. The van der Waals surface area contributed by atoms with Gasteiger partial charge in [-0.2, -0.15) is 0 Å². The van der Waals surface area contributed by atoms with E-state index in [9.17, 15) is 14.4 Å². The molecule has 1 amide bonds. The highest BCUT2D eigenvalue weighted by Crippen LogP contribution is 2.32. The molecule has 0 saturated carbocycles. The number of hydrogen-bond donors (Lipinski definition) is 1. The number of nitrogens with zero attached hydrogens (tertiary/aromatic N) is 3. The normalized spacial score (nSPS) is 11.7. The summed E-state index contributed by atoms with van der Waals surface area (Å²) in [6.45, 7) is 12.6. The molecule has 1 aromatic carbocycles. The Hall–Kier alpha value is -3.61. The van der Waals surface area contributed by atoms with Crippen molar-refractivity contribution in [2.75, 3.05) is 51.6 Å². The average Bonchev–Trinajstić information content (AvgIpc) is 3.33. The van der Waals surface area contributed by atoms with Gasteiger partial charge in [0.05, 0.1) is 24.2 Å². The number of pyridine rings is 1. The van der Waals surface area contributed by atoms with Crippen molar-refractivity contribution in [3.8, 4) is 0 Å². The molecule has 0 bridgehead atoms. The van der Waals surface area contributed by atoms with Crippen molar-refractivity contribution < 1.29 is 38.1 Å². The highest BCUT2D eigenvalue weighted by molar-refractivity contribution is 6.09. The predicted octanol–water partition coefficient (Wildman–Crippen LogP) is 4.81. The van der Waals surface area contributed by atoms with E-state index in [0.29, 0.717) is 70.0 Å². The SMILES string of the molecule is CCOCCOC(=O)CCCCCOC(=O)COCC(=O)Nc1nc2ccccc2c2c1nc(COCC)n2CC(C)(C)C. The van der Waals surface area contributed by atoms with Gasteiger partial charge < -0.3 is 33.6 Å². The number of rotatable bonds is 19. The summed E-state index contributed by atoms with van der Waals surface area (Å²) in [5, 5.41) is 3.74. The van der Waals surface area contributed by atoms with Gasteiger partial charge in [0.1, 0.15) is 37.8 Å². The predicted molar refractivity (Wildman–Crippen MR) is 166 cm³/mol. The molecule has 0 fully saturated rings. The van der Waals surface area contributed by atoms with E-state index in [1.807, 2.05) is 38.1 Å². The van der Waals surface area contributed by atoms with Gasteiger partial charge in [-0.3, -0.25) is 9.59 Å². The Morgan fingerprint density at radius 1 is 0.841 bits per heavy atom. The third kappa shape index (κ3) is 11.1. The number of ether oxygens (including phenoxy) is 5. The zero-order valence-corrected chi connectivity index (χ0v) is 26.6. The Labute approximate surface area is 258 Å². The van der Waals surface area contributed by atoms with Crippen molar-refractivity contribution in [2.45, 2.75) is 73.5 Å². The zero-order valence-electron chi connectivity index (χ0n) is 26.6. The van der Waals surface area contributed by atoms with E-state index in [0.717, 1.165) is 22.2 Å². The van der Waals surface area contributed by atoms with E-state index in [1.54, 1.807) is 0 Å². The molecule has 3 aromatic rings. The van der Waals surface area contributed by atoms with E-state index >= 15 is 0 Å². The zero-order chi connectivity index (χ0) is 32.0. The molecule has 44 heavy (non-hydrogen) atoms. The van der Waals surface area contributed by atoms with Crippen molar-refractivity contribution in [2.24, 2.45) is 5.41 Å². The first-order valence-corrected chi connectivity index (χ1v) is 15.2. The largest absolute Gasteiger partial charge is 0.464 e. The maximum Gasteiger partial charge on any atom is 0.332 e. The van der Waals surface area contributed by atoms with E-state index in [2.05, 4.69) is 35.6 Å². The van der Waals surface area contributed by atoms with Crippen LogP contribution in [0.2, 0.25) is 0 Å². The molecule has 242 valence electrons. The van der Waals surface area contributed by atoms with Gasteiger partial charge in [-0.1, -0.05) is 39.0 Å². The number of carbonyl (C=O) groups is 3. The molecule has 0 unspecified atom stereocenters. The lowest BCUT2D eigenvalue weighted by atomic mass is 9.96. The molecule has 0 radical (unpaired) electrons. The quantitative estimate of drug-likeness (QED) is 0.148. The number of benzene rings is 1. The van der Waals surface area contributed by atoms with Crippen LogP contribution in [0.3, 0.4) is 0 Å². The summed E-state index contributed by atoms with van der Waals surface area (Å²) in [6, 6.07) is 7.74. The Kier molecular flexibility index (Phi) is 14.0. The molecule has 2 heterocycles. The number of unbranched alkanes of at least 4 members (excludes halogenated alkanes) is 2. The second-order valence-corrected chi connectivity index (χ2v) is 11.5. The van der Waals surface area contributed by atoms with Crippen molar-refractivity contribution in [1.29, 1.82) is 0 Å². The minimum Gasteiger partial charge on any atom is -0.464 e. The van der Waals surface area contributed by atoms with Crippen LogP contribution in [0.15, 0.2) is 24.3 Å². The molecule has 12 heteroatoms. The van der Waals surface area contributed by atoms with E-state index in [1.165, 1.54) is 0 Å². The molecule has 0 aliphatic carbocycles. The fourth-order valence-electron chi connectivity index (χ4n) is 4.52. The van der Waals surface area contributed by atoms with Crippen molar-refractivity contribution >= 4 is 45.6 Å². The minimum absolute atomic E-state index is 0.0391. The van der Waals surface area contributed by atoms with Crippen molar-refractivity contribution in [3.05, 3.63) is 30.1 Å². The first kappa shape index (κ1) is 34.9. The standard InChI is InChI=1S/C32H46N4O8/c1-6-40-17-18-44-27(38)15-9-8-12-16-43-28(39)21-42-20-26(37)35-31-29-30(23-13-10-11-14-24(23)33-31)36(22-32(3,4)5)25(34-29)19-41-7-2/h10-11,13-14H,6-9,12,15-22H2,1-5H3,(H,33,35,37). The first-order chi connectivity index (χ1) is 21.1. The summed E-state index contributed by atoms with van der Waals surface area (Å²) in [6.07, 6.45) is 2.26. The van der Waals surface area contributed by atoms with Crippen molar-refractivity contribution in [3.63, 3.8) is 0 Å². The fraction of sp³-hybridized carbons (Fsp3) is 0.594. The number of fused-ring (bicyclic) bond motifs is 3.